The molecule has 1 aromatic heterocycles. The van der Waals surface area contributed by atoms with Crippen LogP contribution in [-0.2, 0) is 7.05 Å². The number of imidazole rings is 1. The highest BCUT2D eigenvalue weighted by molar-refractivity contribution is 7.99. The topological polar surface area (TPSA) is 43.8 Å². The summed E-state index contributed by atoms with van der Waals surface area (Å²) in [7, 11) is 1.98. The van der Waals surface area contributed by atoms with Gasteiger partial charge in [-0.2, -0.15) is 0 Å². The molecule has 0 saturated carbocycles. The summed E-state index contributed by atoms with van der Waals surface area (Å²) in [6.07, 6.45) is 3.73. The molecule has 0 amide bonds. The quantitative estimate of drug-likeness (QED) is 0.686. The van der Waals surface area contributed by atoms with Gasteiger partial charge in [0.15, 0.2) is 5.16 Å². The zero-order valence-electron chi connectivity index (χ0n) is 6.82. The summed E-state index contributed by atoms with van der Waals surface area (Å²) in [5, 5.41) is 1.47. The third-order valence-electron chi connectivity index (χ3n) is 1.42. The molecular formula is C7H13N3S. The van der Waals surface area contributed by atoms with E-state index in [1.165, 1.54) is 0 Å². The van der Waals surface area contributed by atoms with Gasteiger partial charge in [-0.25, -0.2) is 4.98 Å². The highest BCUT2D eigenvalue weighted by Gasteiger charge is 2.04. The van der Waals surface area contributed by atoms with Gasteiger partial charge >= 0.3 is 0 Å². The fourth-order valence-corrected chi connectivity index (χ4v) is 1.50. The minimum absolute atomic E-state index is 0.441. The molecular weight excluding hydrogens is 158 g/mol. The maximum Gasteiger partial charge on any atom is 0.167 e. The molecule has 0 aliphatic carbocycles. The SMILES string of the molecule is C[C@@H](CN)Sc1nccn1C. The van der Waals surface area contributed by atoms with E-state index in [2.05, 4.69) is 11.9 Å². The Morgan fingerprint density at radius 2 is 2.55 bits per heavy atom. The summed E-state index contributed by atoms with van der Waals surface area (Å²) in [4.78, 5) is 4.17. The molecule has 0 aliphatic rings. The number of nitrogens with two attached hydrogens (primary N) is 1. The Bertz CT molecular complexity index is 221. The third-order valence-corrected chi connectivity index (χ3v) is 2.61. The largest absolute Gasteiger partial charge is 0.329 e. The van der Waals surface area contributed by atoms with Crippen LogP contribution in [0.15, 0.2) is 17.6 Å². The van der Waals surface area contributed by atoms with Gasteiger partial charge in [-0.05, 0) is 0 Å². The Labute approximate surface area is 71.0 Å². The van der Waals surface area contributed by atoms with Crippen molar-refractivity contribution in [3.63, 3.8) is 0 Å². The van der Waals surface area contributed by atoms with E-state index in [1.54, 1.807) is 18.0 Å². The third kappa shape index (κ3) is 2.24. The van der Waals surface area contributed by atoms with Gasteiger partial charge in [0.05, 0.1) is 0 Å². The van der Waals surface area contributed by atoms with Gasteiger partial charge in [-0.1, -0.05) is 18.7 Å². The van der Waals surface area contributed by atoms with Crippen molar-refractivity contribution in [3.05, 3.63) is 12.4 Å². The Morgan fingerprint density at radius 1 is 1.82 bits per heavy atom. The molecule has 0 fully saturated rings. The molecule has 1 heterocycles. The van der Waals surface area contributed by atoms with Crippen LogP contribution in [0.2, 0.25) is 0 Å². The first-order valence-electron chi connectivity index (χ1n) is 3.58. The molecule has 0 unspecified atom stereocenters. The number of rotatable bonds is 3. The van der Waals surface area contributed by atoms with Crippen molar-refractivity contribution in [3.8, 4) is 0 Å². The standard InChI is InChI=1S/C7H13N3S/c1-6(5-8)11-7-9-3-4-10(7)2/h3-4,6H,5,8H2,1-2H3/t6-/m0/s1. The van der Waals surface area contributed by atoms with Crippen molar-refractivity contribution >= 4 is 11.8 Å². The average Bonchev–Trinajstić information content (AvgIpc) is 2.37. The normalized spacial score (nSPS) is 13.4. The second kappa shape index (κ2) is 3.78. The maximum absolute atomic E-state index is 5.48. The van der Waals surface area contributed by atoms with E-state index in [9.17, 15) is 0 Å². The van der Waals surface area contributed by atoms with E-state index in [-0.39, 0.29) is 0 Å². The first-order valence-corrected chi connectivity index (χ1v) is 4.46. The van der Waals surface area contributed by atoms with Crippen molar-refractivity contribution in [1.82, 2.24) is 9.55 Å². The van der Waals surface area contributed by atoms with Crippen molar-refractivity contribution in [2.24, 2.45) is 12.8 Å². The predicted octanol–water partition coefficient (Wildman–Crippen LogP) is 0.859. The van der Waals surface area contributed by atoms with Crippen LogP contribution in [0.4, 0.5) is 0 Å². The first-order chi connectivity index (χ1) is 5.24. The van der Waals surface area contributed by atoms with Gasteiger partial charge in [0, 0.05) is 31.2 Å². The van der Waals surface area contributed by atoms with Gasteiger partial charge < -0.3 is 10.3 Å². The number of hydrogen-bond donors (Lipinski definition) is 1. The van der Waals surface area contributed by atoms with Gasteiger partial charge in [0.1, 0.15) is 0 Å². The first kappa shape index (κ1) is 8.62. The Morgan fingerprint density at radius 3 is 3.00 bits per heavy atom. The Balaban J connectivity index is 2.56. The summed E-state index contributed by atoms with van der Waals surface area (Å²) in [6, 6.07) is 0. The molecule has 11 heavy (non-hydrogen) atoms. The molecule has 1 atom stereocenters. The average molecular weight is 171 g/mol. The van der Waals surface area contributed by atoms with Crippen molar-refractivity contribution in [2.45, 2.75) is 17.3 Å². The smallest absolute Gasteiger partial charge is 0.167 e. The van der Waals surface area contributed by atoms with E-state index in [0.29, 0.717) is 11.8 Å². The number of aromatic nitrogens is 2. The van der Waals surface area contributed by atoms with Gasteiger partial charge in [-0.15, -0.1) is 0 Å². The lowest BCUT2D eigenvalue weighted by atomic mass is 10.5. The minimum atomic E-state index is 0.441. The predicted molar refractivity (Wildman–Crippen MR) is 47.6 cm³/mol. The maximum atomic E-state index is 5.48. The molecule has 0 spiro atoms. The number of thioether (sulfide) groups is 1. The highest BCUT2D eigenvalue weighted by Crippen LogP contribution is 2.19. The van der Waals surface area contributed by atoms with Crippen LogP contribution in [0, 0.1) is 0 Å². The second-order valence-electron chi connectivity index (χ2n) is 2.48. The van der Waals surface area contributed by atoms with Crippen molar-refractivity contribution in [1.29, 1.82) is 0 Å². The van der Waals surface area contributed by atoms with Crippen LogP contribution in [0.5, 0.6) is 0 Å². The molecule has 1 aromatic rings. The monoisotopic (exact) mass is 171 g/mol. The summed E-state index contributed by atoms with van der Waals surface area (Å²) >= 11 is 1.70. The van der Waals surface area contributed by atoms with Crippen LogP contribution in [0.25, 0.3) is 0 Å². The van der Waals surface area contributed by atoms with Crippen LogP contribution in [0.3, 0.4) is 0 Å². The fraction of sp³-hybridized carbons (Fsp3) is 0.571. The van der Waals surface area contributed by atoms with Crippen LogP contribution in [-0.4, -0.2) is 21.3 Å². The zero-order valence-corrected chi connectivity index (χ0v) is 7.64. The number of aryl methyl sites for hydroxylation is 1. The van der Waals surface area contributed by atoms with E-state index >= 15 is 0 Å². The fourth-order valence-electron chi connectivity index (χ4n) is 0.694. The van der Waals surface area contributed by atoms with Crippen molar-refractivity contribution in [2.75, 3.05) is 6.54 Å². The van der Waals surface area contributed by atoms with Crippen LogP contribution < -0.4 is 5.73 Å². The van der Waals surface area contributed by atoms with E-state index in [4.69, 9.17) is 5.73 Å². The molecule has 0 bridgehead atoms. The summed E-state index contributed by atoms with van der Waals surface area (Å²) in [5.74, 6) is 0. The van der Waals surface area contributed by atoms with E-state index < -0.39 is 0 Å². The zero-order chi connectivity index (χ0) is 8.27. The number of hydrogen-bond acceptors (Lipinski definition) is 3. The van der Waals surface area contributed by atoms with Crippen LogP contribution >= 0.6 is 11.8 Å². The molecule has 0 aromatic carbocycles. The van der Waals surface area contributed by atoms with Gasteiger partial charge in [0.25, 0.3) is 0 Å². The number of nitrogens with zero attached hydrogens (tertiary/aromatic N) is 2. The summed E-state index contributed by atoms with van der Waals surface area (Å²) in [6.45, 7) is 2.79. The molecule has 0 saturated heterocycles. The van der Waals surface area contributed by atoms with Crippen molar-refractivity contribution < 1.29 is 0 Å². The molecule has 3 nitrogen and oxygen atoms in total. The lowest BCUT2D eigenvalue weighted by molar-refractivity contribution is 0.784. The molecule has 62 valence electrons. The Hall–Kier alpha value is -0.480. The van der Waals surface area contributed by atoms with Crippen LogP contribution in [0.1, 0.15) is 6.92 Å². The molecule has 0 aliphatic heterocycles. The summed E-state index contributed by atoms with van der Waals surface area (Å²) in [5.41, 5.74) is 5.48. The lowest BCUT2D eigenvalue weighted by Crippen LogP contribution is -2.13. The second-order valence-corrected chi connectivity index (χ2v) is 3.89. The Kier molecular flexibility index (Phi) is 2.96. The molecule has 1 rings (SSSR count). The molecule has 0 radical (unpaired) electrons. The van der Waals surface area contributed by atoms with E-state index in [0.717, 1.165) is 5.16 Å². The molecule has 4 heteroatoms. The minimum Gasteiger partial charge on any atom is -0.329 e. The summed E-state index contributed by atoms with van der Waals surface area (Å²) < 4.78 is 2.00. The molecule has 2 N–H and O–H groups in total. The van der Waals surface area contributed by atoms with Gasteiger partial charge in [0.2, 0.25) is 0 Å². The highest BCUT2D eigenvalue weighted by atomic mass is 32.2. The lowest BCUT2D eigenvalue weighted by Gasteiger charge is -2.06. The van der Waals surface area contributed by atoms with E-state index in [1.807, 2.05) is 17.8 Å². The van der Waals surface area contributed by atoms with Gasteiger partial charge in [-0.3, -0.25) is 0 Å².